The van der Waals surface area contributed by atoms with Crippen molar-refractivity contribution >= 4 is 56.2 Å². The van der Waals surface area contributed by atoms with E-state index in [1.165, 1.54) is 42.7 Å². The van der Waals surface area contributed by atoms with Crippen molar-refractivity contribution in [3.63, 3.8) is 0 Å². The smallest absolute Gasteiger partial charge is 0.407 e. The first kappa shape index (κ1) is 31.5. The lowest BCUT2D eigenvalue weighted by Crippen LogP contribution is -2.37. The van der Waals surface area contributed by atoms with Gasteiger partial charge in [-0.15, -0.1) is 0 Å². The second-order valence-electron chi connectivity index (χ2n) is 9.77. The Morgan fingerprint density at radius 2 is 1.80 bits per heavy atom. The molecule has 0 saturated heterocycles. The van der Waals surface area contributed by atoms with Gasteiger partial charge < -0.3 is 25.4 Å². The summed E-state index contributed by atoms with van der Waals surface area (Å²) in [6.07, 6.45) is 4.21. The van der Waals surface area contributed by atoms with Crippen molar-refractivity contribution in [2.24, 2.45) is 0 Å². The molecule has 41 heavy (non-hydrogen) atoms. The van der Waals surface area contributed by atoms with Crippen LogP contribution in [-0.2, 0) is 24.6 Å². The van der Waals surface area contributed by atoms with Crippen LogP contribution >= 0.6 is 11.6 Å². The molecule has 1 unspecified atom stereocenters. The lowest BCUT2D eigenvalue weighted by atomic mass is 9.95. The number of hydrogen-bond acceptors (Lipinski definition) is 9. The number of nitrogens with zero attached hydrogens (tertiary/aromatic N) is 2. The zero-order valence-corrected chi connectivity index (χ0v) is 24.4. The van der Waals surface area contributed by atoms with Crippen molar-refractivity contribution in [3.05, 3.63) is 70.7 Å². The van der Waals surface area contributed by atoms with E-state index in [0.29, 0.717) is 17.0 Å². The molecular formula is C27H30ClN5O7S. The van der Waals surface area contributed by atoms with Crippen molar-refractivity contribution in [3.8, 4) is 0 Å². The molecule has 1 aliphatic carbocycles. The summed E-state index contributed by atoms with van der Waals surface area (Å²) in [5, 5.41) is 8.19. The van der Waals surface area contributed by atoms with E-state index in [9.17, 15) is 22.8 Å². The van der Waals surface area contributed by atoms with Crippen molar-refractivity contribution in [1.82, 2.24) is 15.3 Å². The van der Waals surface area contributed by atoms with Crippen LogP contribution in [0.15, 0.2) is 60.0 Å². The Hall–Kier alpha value is -4.07. The van der Waals surface area contributed by atoms with Gasteiger partial charge in [0.1, 0.15) is 22.4 Å². The Bertz CT molecular complexity index is 1510. The quantitative estimate of drug-likeness (QED) is 0.287. The lowest BCUT2D eigenvalue weighted by Gasteiger charge is -2.24. The number of allylic oxidation sites excluding steroid dienone is 2. The summed E-state index contributed by atoms with van der Waals surface area (Å²) < 4.78 is 35.2. The molecule has 14 heteroatoms. The van der Waals surface area contributed by atoms with Crippen LogP contribution < -0.4 is 16.0 Å². The molecule has 0 aliphatic heterocycles. The Labute approximate surface area is 243 Å². The van der Waals surface area contributed by atoms with Gasteiger partial charge in [0.05, 0.1) is 16.3 Å². The number of alkyl carbamates (subject to hydrolysis) is 1. The number of nitrogens with one attached hydrogen (secondary N) is 3. The second-order valence-corrected chi connectivity index (χ2v) is 11.1. The molecule has 0 fully saturated rings. The maximum absolute atomic E-state index is 13.4. The number of anilines is 2. The molecule has 12 nitrogen and oxygen atoms in total. The molecule has 0 radical (unpaired) electrons. The van der Waals surface area contributed by atoms with Crippen LogP contribution in [-0.4, -0.2) is 66.0 Å². The van der Waals surface area contributed by atoms with E-state index < -0.39 is 39.9 Å². The molecule has 2 aromatic rings. The fourth-order valence-corrected chi connectivity index (χ4v) is 4.41. The second kappa shape index (κ2) is 14.0. The molecule has 3 amide bonds. The van der Waals surface area contributed by atoms with Gasteiger partial charge in [-0.2, -0.15) is 8.42 Å². The summed E-state index contributed by atoms with van der Waals surface area (Å²) in [6, 6.07) is 6.07. The maximum Gasteiger partial charge on any atom is 0.407 e. The first-order valence-electron chi connectivity index (χ1n) is 12.5. The van der Waals surface area contributed by atoms with Crippen LogP contribution in [0.4, 0.5) is 16.3 Å². The normalized spacial score (nSPS) is 14.9. The highest BCUT2D eigenvalue weighted by Crippen LogP contribution is 2.23. The zero-order valence-electron chi connectivity index (χ0n) is 22.9. The minimum absolute atomic E-state index is 0.00415. The summed E-state index contributed by atoms with van der Waals surface area (Å²) in [6.45, 7) is 7.04. The first-order valence-corrected chi connectivity index (χ1v) is 13.9. The molecule has 0 spiro atoms. The maximum atomic E-state index is 13.4. The van der Waals surface area contributed by atoms with E-state index in [4.69, 9.17) is 21.1 Å². The number of carbonyl (C=O) groups is 3. The average molecular weight is 604 g/mol. The van der Waals surface area contributed by atoms with Crippen LogP contribution in [0, 0.1) is 0 Å². The minimum Gasteiger partial charge on any atom is -0.444 e. The number of rotatable bonds is 9. The van der Waals surface area contributed by atoms with Gasteiger partial charge in [-0.25, -0.2) is 14.8 Å². The van der Waals surface area contributed by atoms with Crippen molar-refractivity contribution in [2.75, 3.05) is 23.8 Å². The Kier molecular flexibility index (Phi) is 10.8. The SMILES string of the molecule is CC1=CC=C(C(=O)Nc2cccnc2C(=O)Nc2ccc(Cl)cn2)C(OCCCNC(=O)OC(C)(C)C)C1=S(=O)=O. The molecular weight excluding hydrogens is 574 g/mol. The third kappa shape index (κ3) is 9.23. The van der Waals surface area contributed by atoms with E-state index in [0.717, 1.165) is 0 Å². The molecule has 1 aliphatic rings. The number of carbonyl (C=O) groups excluding carboxylic acids is 3. The van der Waals surface area contributed by atoms with Crippen molar-refractivity contribution in [2.45, 2.75) is 45.8 Å². The van der Waals surface area contributed by atoms with Gasteiger partial charge in [0.2, 0.25) is 10.3 Å². The molecule has 3 N–H and O–H groups in total. The zero-order chi connectivity index (χ0) is 30.2. The van der Waals surface area contributed by atoms with Crippen LogP contribution in [0.1, 0.15) is 44.6 Å². The fraction of sp³-hybridized carbons (Fsp3) is 0.333. The summed E-state index contributed by atoms with van der Waals surface area (Å²) in [4.78, 5) is 46.1. The number of ether oxygens (including phenoxy) is 2. The largest absolute Gasteiger partial charge is 0.444 e. The van der Waals surface area contributed by atoms with Gasteiger partial charge >= 0.3 is 6.09 Å². The van der Waals surface area contributed by atoms with Crippen LogP contribution in [0.3, 0.4) is 0 Å². The third-order valence-electron chi connectivity index (χ3n) is 5.38. The van der Waals surface area contributed by atoms with E-state index in [-0.39, 0.29) is 40.8 Å². The Morgan fingerprint density at radius 1 is 1.05 bits per heavy atom. The number of pyridine rings is 2. The first-order chi connectivity index (χ1) is 19.4. The molecule has 2 aromatic heterocycles. The average Bonchev–Trinajstić information content (AvgIpc) is 2.88. The van der Waals surface area contributed by atoms with Gasteiger partial charge in [-0.3, -0.25) is 9.59 Å². The topological polar surface area (TPSA) is 166 Å². The van der Waals surface area contributed by atoms with E-state index in [2.05, 4.69) is 25.9 Å². The van der Waals surface area contributed by atoms with Gasteiger partial charge in [0.15, 0.2) is 5.69 Å². The minimum atomic E-state index is -2.69. The standard InChI is InChI=1S/C27H30ClN5O7S/c1-16-8-10-18(22(23(16)41(37)38)39-14-6-13-30-26(36)40-27(2,3)4)24(34)32-19-7-5-12-29-21(19)25(35)33-20-11-9-17(28)15-31-20/h5,7-12,15,22H,6,13-14H2,1-4H3,(H,30,36)(H,32,34)(H,31,33,35). The summed E-state index contributed by atoms with van der Waals surface area (Å²) >= 11 is 5.84. The molecule has 2 heterocycles. The molecule has 0 aromatic carbocycles. The lowest BCUT2D eigenvalue weighted by molar-refractivity contribution is -0.113. The summed E-state index contributed by atoms with van der Waals surface area (Å²) in [7, 11) is -2.69. The predicted molar refractivity (Wildman–Crippen MR) is 154 cm³/mol. The molecule has 1 atom stereocenters. The molecule has 0 bridgehead atoms. The van der Waals surface area contributed by atoms with Gasteiger partial charge in [0, 0.05) is 25.5 Å². The fourth-order valence-electron chi connectivity index (χ4n) is 3.60. The summed E-state index contributed by atoms with van der Waals surface area (Å²) in [5.41, 5.74) is -0.249. The third-order valence-corrected chi connectivity index (χ3v) is 6.50. The number of hydrogen-bond donors (Lipinski definition) is 3. The summed E-state index contributed by atoms with van der Waals surface area (Å²) in [5.74, 6) is -1.10. The van der Waals surface area contributed by atoms with Crippen LogP contribution in [0.2, 0.25) is 5.02 Å². The molecule has 218 valence electrons. The van der Waals surface area contributed by atoms with E-state index in [1.807, 2.05) is 0 Å². The van der Waals surface area contributed by atoms with Crippen molar-refractivity contribution in [1.29, 1.82) is 0 Å². The van der Waals surface area contributed by atoms with Crippen LogP contribution in [0.5, 0.6) is 0 Å². The highest BCUT2D eigenvalue weighted by Gasteiger charge is 2.32. The highest BCUT2D eigenvalue weighted by molar-refractivity contribution is 7.73. The number of amides is 3. The monoisotopic (exact) mass is 603 g/mol. The molecule has 3 rings (SSSR count). The number of halogens is 1. The predicted octanol–water partition coefficient (Wildman–Crippen LogP) is 3.56. The van der Waals surface area contributed by atoms with E-state index in [1.54, 1.807) is 33.8 Å². The number of aromatic nitrogens is 2. The molecule has 0 saturated carbocycles. The van der Waals surface area contributed by atoms with Gasteiger partial charge in [0.25, 0.3) is 11.8 Å². The Balaban J connectivity index is 1.73. The van der Waals surface area contributed by atoms with Crippen molar-refractivity contribution < 1.29 is 32.3 Å². The highest BCUT2D eigenvalue weighted by atomic mass is 35.5. The van der Waals surface area contributed by atoms with Crippen LogP contribution in [0.25, 0.3) is 0 Å². The van der Waals surface area contributed by atoms with Gasteiger partial charge in [-0.1, -0.05) is 23.8 Å². The van der Waals surface area contributed by atoms with Gasteiger partial charge in [-0.05, 0) is 64.0 Å². The Morgan fingerprint density at radius 3 is 2.46 bits per heavy atom. The van der Waals surface area contributed by atoms with E-state index >= 15 is 0 Å².